The van der Waals surface area contributed by atoms with Crippen molar-refractivity contribution in [2.75, 3.05) is 0 Å². The van der Waals surface area contributed by atoms with Crippen molar-refractivity contribution in [1.29, 1.82) is 0 Å². The van der Waals surface area contributed by atoms with Crippen LogP contribution in [-0.2, 0) is 0 Å². The Morgan fingerprint density at radius 3 is 2.24 bits per heavy atom. The van der Waals surface area contributed by atoms with Crippen molar-refractivity contribution in [3.05, 3.63) is 76.4 Å². The van der Waals surface area contributed by atoms with Gasteiger partial charge in [0, 0.05) is 5.56 Å². The maximum Gasteiger partial charge on any atom is 0.186 e. The highest BCUT2D eigenvalue weighted by molar-refractivity contribution is 6.07. The van der Waals surface area contributed by atoms with Gasteiger partial charge in [-0.25, -0.2) is 0 Å². The Bertz CT molecular complexity index is 710. The Hall–Kier alpha value is -2.68. The molecule has 0 fully saturated rings. The molecule has 0 aliphatic rings. The highest BCUT2D eigenvalue weighted by Crippen LogP contribution is 2.13. The first kappa shape index (κ1) is 14.7. The number of carbonyl (C=O) groups is 2. The van der Waals surface area contributed by atoms with E-state index in [0.29, 0.717) is 5.56 Å². The fourth-order valence-corrected chi connectivity index (χ4v) is 2.08. The number of carboxylic acids is 1. The van der Waals surface area contributed by atoms with Crippen LogP contribution in [0.2, 0.25) is 0 Å². The summed E-state index contributed by atoms with van der Waals surface area (Å²) >= 11 is 0. The summed E-state index contributed by atoms with van der Waals surface area (Å²) in [6, 6.07) is 11.9. The van der Waals surface area contributed by atoms with Gasteiger partial charge in [-0.15, -0.1) is 0 Å². The minimum atomic E-state index is -1.21. The van der Waals surface area contributed by atoms with E-state index in [0.717, 1.165) is 16.7 Å². The Balaban J connectivity index is 2.16. The lowest BCUT2D eigenvalue weighted by Gasteiger charge is -2.03. The first-order chi connectivity index (χ1) is 9.97. The smallest absolute Gasteiger partial charge is 0.186 e. The maximum absolute atomic E-state index is 12.1. The molecular formula is C18H15O3-. The molecule has 0 aromatic heterocycles. The lowest BCUT2D eigenvalue weighted by atomic mass is 10.0. The first-order valence-electron chi connectivity index (χ1n) is 6.58. The normalized spacial score (nSPS) is 10.8. The molecule has 2 rings (SSSR count). The van der Waals surface area contributed by atoms with E-state index in [-0.39, 0.29) is 11.3 Å². The number of rotatable bonds is 4. The Morgan fingerprint density at radius 2 is 1.67 bits per heavy atom. The predicted octanol–water partition coefficient (Wildman–Crippen LogP) is 2.56. The molecule has 0 bridgehead atoms. The molecular weight excluding hydrogens is 264 g/mol. The van der Waals surface area contributed by atoms with Crippen molar-refractivity contribution in [3.63, 3.8) is 0 Å². The molecule has 106 valence electrons. The number of hydrogen-bond donors (Lipinski definition) is 0. The van der Waals surface area contributed by atoms with E-state index in [1.54, 1.807) is 18.2 Å². The van der Waals surface area contributed by atoms with Crippen LogP contribution in [0.3, 0.4) is 0 Å². The Morgan fingerprint density at radius 1 is 1.00 bits per heavy atom. The van der Waals surface area contributed by atoms with Gasteiger partial charge < -0.3 is 9.90 Å². The third-order valence-electron chi connectivity index (χ3n) is 3.22. The number of aryl methyl sites for hydroxylation is 2. The molecule has 0 N–H and O–H groups in total. The van der Waals surface area contributed by atoms with Crippen molar-refractivity contribution in [2.45, 2.75) is 13.8 Å². The Labute approximate surface area is 123 Å². The van der Waals surface area contributed by atoms with Crippen molar-refractivity contribution >= 4 is 17.8 Å². The summed E-state index contributed by atoms with van der Waals surface area (Å²) in [7, 11) is 0. The lowest BCUT2D eigenvalue weighted by molar-refractivity contribution is -0.255. The van der Waals surface area contributed by atoms with Crippen molar-refractivity contribution in [2.24, 2.45) is 0 Å². The number of benzene rings is 2. The van der Waals surface area contributed by atoms with Gasteiger partial charge in [0.25, 0.3) is 0 Å². The van der Waals surface area contributed by atoms with E-state index in [9.17, 15) is 14.7 Å². The molecule has 0 spiro atoms. The minimum Gasteiger partial charge on any atom is -0.545 e. The average molecular weight is 279 g/mol. The first-order valence-corrected chi connectivity index (χ1v) is 6.58. The molecule has 21 heavy (non-hydrogen) atoms. The molecule has 3 heteroatoms. The predicted molar refractivity (Wildman–Crippen MR) is 80.1 cm³/mol. The number of aromatic carboxylic acids is 1. The molecule has 0 amide bonds. The second-order valence-corrected chi connectivity index (χ2v) is 4.93. The third-order valence-corrected chi connectivity index (χ3v) is 3.22. The Kier molecular flexibility index (Phi) is 4.33. The van der Waals surface area contributed by atoms with Gasteiger partial charge in [0.1, 0.15) is 0 Å². The maximum atomic E-state index is 12.1. The van der Waals surface area contributed by atoms with Crippen molar-refractivity contribution in [1.82, 2.24) is 0 Å². The fraction of sp³-hybridized carbons (Fsp3) is 0.111. The molecule has 0 saturated carbocycles. The van der Waals surface area contributed by atoms with Crippen LogP contribution in [0.25, 0.3) is 6.08 Å². The molecule has 3 nitrogen and oxygen atoms in total. The number of carboxylic acid groups (broad SMARTS) is 1. The molecule has 0 saturated heterocycles. The highest BCUT2D eigenvalue weighted by atomic mass is 16.4. The number of allylic oxidation sites excluding steroid dienone is 1. The summed E-state index contributed by atoms with van der Waals surface area (Å²) in [4.78, 5) is 22.8. The van der Waals surface area contributed by atoms with Gasteiger partial charge in [-0.2, -0.15) is 0 Å². The minimum absolute atomic E-state index is 0.0727. The van der Waals surface area contributed by atoms with Gasteiger partial charge in [-0.3, -0.25) is 4.79 Å². The zero-order valence-corrected chi connectivity index (χ0v) is 11.9. The SMILES string of the molecule is Cc1ccc(C(=O)/C=C/c2ccc(C(=O)[O-])cc2)c(C)c1. The van der Waals surface area contributed by atoms with Gasteiger partial charge >= 0.3 is 0 Å². The molecule has 0 heterocycles. The molecule has 2 aromatic carbocycles. The topological polar surface area (TPSA) is 57.2 Å². The molecule has 0 atom stereocenters. The van der Waals surface area contributed by atoms with Crippen LogP contribution in [-0.4, -0.2) is 11.8 Å². The standard InChI is InChI=1S/C18H16O3/c1-12-3-9-16(13(2)11-12)17(19)10-6-14-4-7-15(8-5-14)18(20)21/h3-11H,1-2H3,(H,20,21)/p-1/b10-6+. The zero-order valence-electron chi connectivity index (χ0n) is 11.9. The van der Waals surface area contributed by atoms with Crippen LogP contribution in [0, 0.1) is 13.8 Å². The quantitative estimate of drug-likeness (QED) is 0.638. The highest BCUT2D eigenvalue weighted by Gasteiger charge is 2.05. The van der Waals surface area contributed by atoms with E-state index in [1.165, 1.54) is 18.2 Å². The van der Waals surface area contributed by atoms with Crippen LogP contribution in [0.5, 0.6) is 0 Å². The number of ketones is 1. The van der Waals surface area contributed by atoms with Gasteiger partial charge in [0.05, 0.1) is 5.97 Å². The van der Waals surface area contributed by atoms with Crippen molar-refractivity contribution < 1.29 is 14.7 Å². The summed E-state index contributed by atoms with van der Waals surface area (Å²) in [5.74, 6) is -1.28. The molecule has 0 unspecified atom stereocenters. The van der Waals surface area contributed by atoms with Crippen LogP contribution < -0.4 is 5.11 Å². The third kappa shape index (κ3) is 3.66. The summed E-state index contributed by atoms with van der Waals surface area (Å²) < 4.78 is 0. The number of carbonyl (C=O) groups excluding carboxylic acids is 2. The summed E-state index contributed by atoms with van der Waals surface area (Å²) in [6.07, 6.45) is 3.16. The fourth-order valence-electron chi connectivity index (χ4n) is 2.08. The monoisotopic (exact) mass is 279 g/mol. The lowest BCUT2D eigenvalue weighted by Crippen LogP contribution is -2.21. The zero-order chi connectivity index (χ0) is 15.4. The van der Waals surface area contributed by atoms with E-state index < -0.39 is 5.97 Å². The molecule has 0 aliphatic carbocycles. The number of hydrogen-bond acceptors (Lipinski definition) is 3. The van der Waals surface area contributed by atoms with E-state index in [2.05, 4.69) is 0 Å². The van der Waals surface area contributed by atoms with Crippen LogP contribution >= 0.6 is 0 Å². The van der Waals surface area contributed by atoms with Crippen LogP contribution in [0.15, 0.2) is 48.5 Å². The second-order valence-electron chi connectivity index (χ2n) is 4.93. The summed E-state index contributed by atoms with van der Waals surface area (Å²) in [5.41, 5.74) is 3.61. The second kappa shape index (κ2) is 6.18. The van der Waals surface area contributed by atoms with Gasteiger partial charge in [0.2, 0.25) is 0 Å². The average Bonchev–Trinajstić information content (AvgIpc) is 2.45. The van der Waals surface area contributed by atoms with Crippen molar-refractivity contribution in [3.8, 4) is 0 Å². The van der Waals surface area contributed by atoms with E-state index in [4.69, 9.17) is 0 Å². The van der Waals surface area contributed by atoms with Crippen LogP contribution in [0.1, 0.15) is 37.4 Å². The van der Waals surface area contributed by atoms with Gasteiger partial charge in [-0.05, 0) is 36.6 Å². The van der Waals surface area contributed by atoms with Gasteiger partial charge in [0.15, 0.2) is 5.78 Å². The van der Waals surface area contributed by atoms with Gasteiger partial charge in [-0.1, -0.05) is 54.1 Å². The summed E-state index contributed by atoms with van der Waals surface area (Å²) in [6.45, 7) is 3.89. The molecule has 0 radical (unpaired) electrons. The van der Waals surface area contributed by atoms with E-state index >= 15 is 0 Å². The molecule has 0 aliphatic heterocycles. The van der Waals surface area contributed by atoms with E-state index in [1.807, 2.05) is 32.0 Å². The van der Waals surface area contributed by atoms with Crippen LogP contribution in [0.4, 0.5) is 0 Å². The summed E-state index contributed by atoms with van der Waals surface area (Å²) in [5, 5.41) is 10.6. The molecule has 2 aromatic rings. The largest absolute Gasteiger partial charge is 0.545 e.